The van der Waals surface area contributed by atoms with E-state index in [1.54, 1.807) is 17.2 Å². The molecule has 0 radical (unpaired) electrons. The van der Waals surface area contributed by atoms with Gasteiger partial charge in [0.05, 0.1) is 17.9 Å². The third kappa shape index (κ3) is 4.81. The van der Waals surface area contributed by atoms with Crippen LogP contribution in [0, 0.1) is 0 Å². The van der Waals surface area contributed by atoms with Gasteiger partial charge in [-0.2, -0.15) is 5.10 Å². The number of aromatic nitrogens is 4. The molecule has 0 fully saturated rings. The number of rotatable bonds is 8. The lowest BCUT2D eigenvalue weighted by Crippen LogP contribution is -2.26. The van der Waals surface area contributed by atoms with Crippen molar-refractivity contribution in [3.05, 3.63) is 84.9 Å². The zero-order valence-corrected chi connectivity index (χ0v) is 16.7. The molecular formula is C23H23N5O2. The molecule has 2 aromatic carbocycles. The lowest BCUT2D eigenvalue weighted by Gasteiger charge is -2.14. The van der Waals surface area contributed by atoms with Gasteiger partial charge in [0.15, 0.2) is 11.7 Å². The summed E-state index contributed by atoms with van der Waals surface area (Å²) in [6.45, 7) is 1.97. The summed E-state index contributed by atoms with van der Waals surface area (Å²) in [4.78, 5) is 20.6. The molecule has 0 aliphatic rings. The second-order valence-corrected chi connectivity index (χ2v) is 7.06. The van der Waals surface area contributed by atoms with Gasteiger partial charge in [0.2, 0.25) is 5.91 Å². The number of carbonyl (C=O) groups is 1. The normalized spacial score (nSPS) is 11.9. The Kier molecular flexibility index (Phi) is 5.98. The predicted octanol–water partition coefficient (Wildman–Crippen LogP) is 4.12. The van der Waals surface area contributed by atoms with E-state index < -0.39 is 0 Å². The molecule has 1 atom stereocenters. The maximum absolute atomic E-state index is 12.3. The highest BCUT2D eigenvalue weighted by molar-refractivity contribution is 5.76. The summed E-state index contributed by atoms with van der Waals surface area (Å²) in [5.74, 6) is 1.41. The van der Waals surface area contributed by atoms with E-state index in [9.17, 15) is 4.79 Å². The second-order valence-electron chi connectivity index (χ2n) is 7.06. The lowest BCUT2D eigenvalue weighted by atomic mass is 10.1. The lowest BCUT2D eigenvalue weighted by molar-refractivity contribution is -0.121. The van der Waals surface area contributed by atoms with Crippen molar-refractivity contribution in [1.29, 1.82) is 0 Å². The molecule has 4 rings (SSSR count). The molecule has 2 aromatic heterocycles. The van der Waals surface area contributed by atoms with Crippen molar-refractivity contribution in [2.24, 2.45) is 0 Å². The van der Waals surface area contributed by atoms with Crippen LogP contribution in [-0.2, 0) is 11.2 Å². The van der Waals surface area contributed by atoms with Crippen LogP contribution in [0.5, 0.6) is 0 Å². The molecule has 4 aromatic rings. The summed E-state index contributed by atoms with van der Waals surface area (Å²) in [5.41, 5.74) is 2.96. The van der Waals surface area contributed by atoms with Gasteiger partial charge in [-0.25, -0.2) is 14.6 Å². The zero-order valence-electron chi connectivity index (χ0n) is 16.7. The zero-order chi connectivity index (χ0) is 20.8. The van der Waals surface area contributed by atoms with Crippen molar-refractivity contribution >= 4 is 5.91 Å². The number of oxazole rings is 1. The van der Waals surface area contributed by atoms with Crippen molar-refractivity contribution in [3.63, 3.8) is 0 Å². The van der Waals surface area contributed by atoms with Crippen LogP contribution < -0.4 is 5.32 Å². The van der Waals surface area contributed by atoms with Crippen molar-refractivity contribution in [2.45, 2.75) is 32.2 Å². The quantitative estimate of drug-likeness (QED) is 0.480. The molecule has 0 saturated heterocycles. The largest absolute Gasteiger partial charge is 0.441 e. The van der Waals surface area contributed by atoms with Crippen LogP contribution in [-0.4, -0.2) is 25.7 Å². The Morgan fingerprint density at radius 1 is 1.13 bits per heavy atom. The standard InChI is InChI=1S/C23H23N5O2/c1-17(18-10-12-20(13-11-18)28-16-24-15-26-28)27-22(29)8-5-9-23-25-14-21(30-23)19-6-3-2-4-7-19/h2-4,6-7,10-17H,5,8-9H2,1H3,(H,27,29). The first kappa shape index (κ1) is 19.6. The van der Waals surface area contributed by atoms with E-state index in [2.05, 4.69) is 20.4 Å². The van der Waals surface area contributed by atoms with Gasteiger partial charge in [-0.15, -0.1) is 0 Å². The van der Waals surface area contributed by atoms with E-state index in [-0.39, 0.29) is 11.9 Å². The Labute approximate surface area is 174 Å². The summed E-state index contributed by atoms with van der Waals surface area (Å²) in [5, 5.41) is 7.15. The molecule has 0 aliphatic heterocycles. The molecule has 1 unspecified atom stereocenters. The molecule has 0 aliphatic carbocycles. The van der Waals surface area contributed by atoms with Gasteiger partial charge in [-0.3, -0.25) is 4.79 Å². The third-order valence-corrected chi connectivity index (χ3v) is 4.86. The number of hydrogen-bond acceptors (Lipinski definition) is 5. The number of carbonyl (C=O) groups excluding carboxylic acids is 1. The Hall–Kier alpha value is -3.74. The molecule has 0 spiro atoms. The van der Waals surface area contributed by atoms with Crippen LogP contribution in [0.4, 0.5) is 0 Å². The van der Waals surface area contributed by atoms with E-state index in [0.717, 1.165) is 22.6 Å². The van der Waals surface area contributed by atoms with E-state index in [1.807, 2.05) is 61.5 Å². The maximum Gasteiger partial charge on any atom is 0.220 e. The second kappa shape index (κ2) is 9.17. The van der Waals surface area contributed by atoms with Crippen LogP contribution in [0.2, 0.25) is 0 Å². The number of aryl methyl sites for hydroxylation is 1. The van der Waals surface area contributed by atoms with Crippen molar-refractivity contribution < 1.29 is 9.21 Å². The highest BCUT2D eigenvalue weighted by Crippen LogP contribution is 2.20. The van der Waals surface area contributed by atoms with Gasteiger partial charge < -0.3 is 9.73 Å². The van der Waals surface area contributed by atoms with Gasteiger partial charge in [-0.1, -0.05) is 42.5 Å². The van der Waals surface area contributed by atoms with E-state index in [1.165, 1.54) is 6.33 Å². The summed E-state index contributed by atoms with van der Waals surface area (Å²) in [7, 11) is 0. The molecule has 2 heterocycles. The summed E-state index contributed by atoms with van der Waals surface area (Å²) in [6.07, 6.45) is 6.61. The third-order valence-electron chi connectivity index (χ3n) is 4.86. The van der Waals surface area contributed by atoms with Crippen LogP contribution >= 0.6 is 0 Å². The van der Waals surface area contributed by atoms with Crippen molar-refractivity contribution in [2.75, 3.05) is 0 Å². The molecule has 1 N–H and O–H groups in total. The van der Waals surface area contributed by atoms with Crippen LogP contribution in [0.1, 0.15) is 37.3 Å². The van der Waals surface area contributed by atoms with Crippen molar-refractivity contribution in [1.82, 2.24) is 25.1 Å². The minimum Gasteiger partial charge on any atom is -0.441 e. The minimum absolute atomic E-state index is 0.0118. The fraction of sp³-hybridized carbons (Fsp3) is 0.217. The number of nitrogens with one attached hydrogen (secondary N) is 1. The Morgan fingerprint density at radius 3 is 2.67 bits per heavy atom. The first-order chi connectivity index (χ1) is 14.7. The molecular weight excluding hydrogens is 378 g/mol. The Bertz CT molecular complexity index is 1070. The molecule has 7 nitrogen and oxygen atoms in total. The maximum atomic E-state index is 12.3. The Balaban J connectivity index is 1.24. The van der Waals surface area contributed by atoms with E-state index >= 15 is 0 Å². The van der Waals surface area contributed by atoms with Crippen LogP contribution in [0.15, 0.2) is 77.9 Å². The smallest absolute Gasteiger partial charge is 0.220 e. The van der Waals surface area contributed by atoms with E-state index in [4.69, 9.17) is 4.42 Å². The number of hydrogen-bond donors (Lipinski definition) is 1. The fourth-order valence-electron chi connectivity index (χ4n) is 3.22. The van der Waals surface area contributed by atoms with Crippen LogP contribution in [0.3, 0.4) is 0 Å². The molecule has 0 saturated carbocycles. The summed E-state index contributed by atoms with van der Waals surface area (Å²) in [6, 6.07) is 17.7. The topological polar surface area (TPSA) is 85.8 Å². The van der Waals surface area contributed by atoms with Crippen molar-refractivity contribution in [3.8, 4) is 17.0 Å². The number of amides is 1. The molecule has 30 heavy (non-hydrogen) atoms. The molecule has 1 amide bonds. The van der Waals surface area contributed by atoms with Crippen LogP contribution in [0.25, 0.3) is 17.0 Å². The summed E-state index contributed by atoms with van der Waals surface area (Å²) < 4.78 is 7.48. The summed E-state index contributed by atoms with van der Waals surface area (Å²) >= 11 is 0. The van der Waals surface area contributed by atoms with Gasteiger partial charge in [0.25, 0.3) is 0 Å². The Morgan fingerprint density at radius 2 is 1.93 bits per heavy atom. The van der Waals surface area contributed by atoms with Gasteiger partial charge >= 0.3 is 0 Å². The van der Waals surface area contributed by atoms with Gasteiger partial charge in [-0.05, 0) is 31.0 Å². The number of benzene rings is 2. The molecule has 0 bridgehead atoms. The predicted molar refractivity (Wildman–Crippen MR) is 113 cm³/mol. The molecule has 152 valence electrons. The van der Waals surface area contributed by atoms with Gasteiger partial charge in [0, 0.05) is 18.4 Å². The highest BCUT2D eigenvalue weighted by Gasteiger charge is 2.11. The average molecular weight is 401 g/mol. The molecule has 7 heteroatoms. The average Bonchev–Trinajstić information content (AvgIpc) is 3.47. The number of nitrogens with zero attached hydrogens (tertiary/aromatic N) is 4. The van der Waals surface area contributed by atoms with E-state index in [0.29, 0.717) is 25.2 Å². The fourth-order valence-corrected chi connectivity index (χ4v) is 3.22. The van der Waals surface area contributed by atoms with Gasteiger partial charge in [0.1, 0.15) is 12.7 Å². The first-order valence-corrected chi connectivity index (χ1v) is 9.93. The SMILES string of the molecule is CC(NC(=O)CCCc1ncc(-c2ccccc2)o1)c1ccc(-n2cncn2)cc1. The monoisotopic (exact) mass is 401 g/mol. The minimum atomic E-state index is -0.0753. The highest BCUT2D eigenvalue weighted by atomic mass is 16.4. The first-order valence-electron chi connectivity index (χ1n) is 9.93.